The fourth-order valence-electron chi connectivity index (χ4n) is 9.83. The molecule has 0 amide bonds. The number of benzene rings is 1. The van der Waals surface area contributed by atoms with Crippen LogP contribution in [0.2, 0.25) is 0 Å². The largest absolute Gasteiger partial charge is 0.465 e. The maximum absolute atomic E-state index is 14.6. The second-order valence-electron chi connectivity index (χ2n) is 16.5. The summed E-state index contributed by atoms with van der Waals surface area (Å²) in [7, 11) is 0. The van der Waals surface area contributed by atoms with Crippen molar-refractivity contribution < 1.29 is 86.1 Å². The quantitative estimate of drug-likeness (QED) is 0.295. The minimum atomic E-state index is -2.86. The van der Waals surface area contributed by atoms with Crippen LogP contribution < -0.4 is 0 Å². The molecule has 3 fully saturated rings. The van der Waals surface area contributed by atoms with Crippen molar-refractivity contribution in [3.05, 3.63) is 65.5 Å². The zero-order chi connectivity index (χ0) is 45.7. The summed E-state index contributed by atoms with van der Waals surface area (Å²) >= 11 is 0. The fraction of sp³-hybridized carbons (Fsp3) is 0.558. The minimum absolute atomic E-state index is 0.0487. The van der Waals surface area contributed by atoms with E-state index in [2.05, 4.69) is 4.98 Å². The van der Waals surface area contributed by atoms with Crippen LogP contribution in [0.15, 0.2) is 48.7 Å². The van der Waals surface area contributed by atoms with Crippen LogP contribution in [0.5, 0.6) is 0 Å². The monoisotopic (exact) mass is 867 g/mol. The Hall–Kier alpha value is -5.95. The number of fused-ring (bicyclic) bond motifs is 5. The second kappa shape index (κ2) is 16.7. The van der Waals surface area contributed by atoms with E-state index in [-0.39, 0.29) is 16.8 Å². The SMILES string of the molecule is CC(=O)OC[C@@]12[C@H](OC(C)=O)[C@@H](OC(C)=O)[C@@H]3[C@@H](OC(C)=O)[C@@]14O[C@@]3(C)COC(=O)c1cccnc1[C@@H](C)[C@H](C)C(=O)O[C@@H]([C@H](OC(C)=O)[C@@H]2OC(=O)c1ccccc1)[C@]4(C)O. The topological polar surface area (TPSA) is 253 Å². The van der Waals surface area contributed by atoms with E-state index in [0.717, 1.165) is 41.5 Å². The zero-order valence-corrected chi connectivity index (χ0v) is 35.6. The highest BCUT2D eigenvalue weighted by Gasteiger charge is 2.92. The van der Waals surface area contributed by atoms with Crippen molar-refractivity contribution in [3.8, 4) is 0 Å². The molecule has 0 radical (unpaired) electrons. The standard InChI is InChI=1S/C43H49NO18/c1-20-21(2)37(50)60-34-32(57-24(5)47)36(61-38(51)27-14-11-10-12-15-27)42(19-54-22(3)45)35(59-26(7)49)31(56-23(4)46)29-33(58-25(6)48)43(42,41(34,9)53)62-40(29,8)18-55-39(52)28-16-13-17-44-30(20)28/h10-17,20-21,29,31-36,53H,18-19H2,1-9H3/t20-,21-,29+,31-,32-,33+,34-,35+,36-,40-,41-,42-,43-/m0/s1. The summed E-state index contributed by atoms with van der Waals surface area (Å²) in [4.78, 5) is 114. The number of pyridine rings is 1. The third-order valence-corrected chi connectivity index (χ3v) is 12.4. The molecule has 334 valence electrons. The third kappa shape index (κ3) is 7.43. The minimum Gasteiger partial charge on any atom is -0.465 e. The van der Waals surface area contributed by atoms with Gasteiger partial charge in [0, 0.05) is 46.7 Å². The van der Waals surface area contributed by atoms with Crippen molar-refractivity contribution in [3.63, 3.8) is 0 Å². The molecular weight excluding hydrogens is 818 g/mol. The van der Waals surface area contributed by atoms with Gasteiger partial charge in [-0.15, -0.1) is 0 Å². The Labute approximate surface area is 355 Å². The number of esters is 8. The molecule has 3 heterocycles. The van der Waals surface area contributed by atoms with Gasteiger partial charge in [0.15, 0.2) is 30.0 Å². The van der Waals surface area contributed by atoms with Gasteiger partial charge in [-0.25, -0.2) is 9.59 Å². The number of ether oxygens (including phenoxy) is 9. The van der Waals surface area contributed by atoms with Gasteiger partial charge in [0.2, 0.25) is 0 Å². The Balaban J connectivity index is 1.81. The number of carbonyl (C=O) groups is 8. The van der Waals surface area contributed by atoms with Crippen LogP contribution >= 0.6 is 0 Å². The van der Waals surface area contributed by atoms with Gasteiger partial charge in [0.05, 0.1) is 28.7 Å². The van der Waals surface area contributed by atoms with Crippen LogP contribution in [0.1, 0.15) is 94.6 Å². The molecule has 1 N–H and O–H groups in total. The van der Waals surface area contributed by atoms with Gasteiger partial charge in [0.1, 0.15) is 42.0 Å². The number of rotatable bonds is 8. The first kappa shape index (κ1) is 45.6. The molecule has 13 atom stereocenters. The van der Waals surface area contributed by atoms with Crippen molar-refractivity contribution in [1.82, 2.24) is 4.98 Å². The molecule has 1 aromatic carbocycles. The summed E-state index contributed by atoms with van der Waals surface area (Å²) in [6, 6.07) is 10.3. The zero-order valence-electron chi connectivity index (χ0n) is 35.6. The molecule has 4 aliphatic rings. The van der Waals surface area contributed by atoms with Crippen molar-refractivity contribution in [2.24, 2.45) is 17.3 Å². The Kier molecular flexibility index (Phi) is 12.3. The number of hydrogen-bond acceptors (Lipinski definition) is 19. The third-order valence-electron chi connectivity index (χ3n) is 12.4. The predicted octanol–water partition coefficient (Wildman–Crippen LogP) is 2.33. The van der Waals surface area contributed by atoms with Crippen LogP contribution in [0.4, 0.5) is 0 Å². The molecule has 2 aliphatic heterocycles. The lowest BCUT2D eigenvalue weighted by atomic mass is 9.45. The Bertz CT molecular complexity index is 2160. The molecule has 19 nitrogen and oxygen atoms in total. The molecule has 1 saturated heterocycles. The number of cyclic esters (lactones) is 1. The highest BCUT2D eigenvalue weighted by molar-refractivity contribution is 5.91. The van der Waals surface area contributed by atoms with E-state index in [1.165, 1.54) is 56.4 Å². The summed E-state index contributed by atoms with van der Waals surface area (Å²) in [5.41, 5.74) is -10.4. The van der Waals surface area contributed by atoms with Gasteiger partial charge in [-0.3, -0.25) is 33.8 Å². The smallest absolute Gasteiger partial charge is 0.340 e. The molecule has 6 rings (SSSR count). The average molecular weight is 868 g/mol. The van der Waals surface area contributed by atoms with Gasteiger partial charge in [-0.2, -0.15) is 0 Å². The molecule has 2 aromatic rings. The van der Waals surface area contributed by atoms with Gasteiger partial charge < -0.3 is 47.7 Å². The molecule has 2 saturated carbocycles. The van der Waals surface area contributed by atoms with Crippen molar-refractivity contribution in [2.45, 2.75) is 122 Å². The first-order chi connectivity index (χ1) is 29.0. The summed E-state index contributed by atoms with van der Waals surface area (Å²) in [6.45, 7) is 8.69. The van der Waals surface area contributed by atoms with Gasteiger partial charge >= 0.3 is 47.8 Å². The molecule has 1 aromatic heterocycles. The van der Waals surface area contributed by atoms with Crippen molar-refractivity contribution in [1.29, 1.82) is 0 Å². The summed E-state index contributed by atoms with van der Waals surface area (Å²) in [5, 5.41) is 13.6. The Morgan fingerprint density at radius 1 is 0.742 bits per heavy atom. The molecule has 1 spiro atoms. The predicted molar refractivity (Wildman–Crippen MR) is 205 cm³/mol. The summed E-state index contributed by atoms with van der Waals surface area (Å²) < 4.78 is 55.5. The first-order valence-corrected chi connectivity index (χ1v) is 19.9. The van der Waals surface area contributed by atoms with Crippen LogP contribution in [0.3, 0.4) is 0 Å². The van der Waals surface area contributed by atoms with Gasteiger partial charge in [0.25, 0.3) is 0 Å². The molecule has 62 heavy (non-hydrogen) atoms. The number of hydrogen-bond donors (Lipinski definition) is 1. The normalized spacial score (nSPS) is 36.0. The lowest BCUT2D eigenvalue weighted by molar-refractivity contribution is -0.385. The van der Waals surface area contributed by atoms with Crippen LogP contribution in [0.25, 0.3) is 0 Å². The number of carbonyl (C=O) groups excluding carboxylic acids is 8. The van der Waals surface area contributed by atoms with E-state index in [1.54, 1.807) is 13.0 Å². The lowest BCUT2D eigenvalue weighted by Gasteiger charge is -2.67. The highest BCUT2D eigenvalue weighted by Crippen LogP contribution is 2.70. The fourth-order valence-corrected chi connectivity index (χ4v) is 9.83. The number of aliphatic hydroxyl groups is 1. The molecular formula is C43H49NO18. The Morgan fingerprint density at radius 2 is 1.32 bits per heavy atom. The molecule has 19 heteroatoms. The number of aromatic nitrogens is 1. The summed E-state index contributed by atoms with van der Waals surface area (Å²) in [5.74, 6) is -11.8. The molecule has 4 bridgehead atoms. The van der Waals surface area contributed by atoms with E-state index in [4.69, 9.17) is 42.6 Å². The Morgan fingerprint density at radius 3 is 1.92 bits per heavy atom. The van der Waals surface area contributed by atoms with Crippen LogP contribution in [-0.4, -0.2) is 124 Å². The maximum atomic E-state index is 14.6. The van der Waals surface area contributed by atoms with E-state index in [9.17, 15) is 43.5 Å². The highest BCUT2D eigenvalue weighted by atomic mass is 16.7. The van der Waals surface area contributed by atoms with Crippen molar-refractivity contribution >= 4 is 47.8 Å². The van der Waals surface area contributed by atoms with E-state index in [1.807, 2.05) is 0 Å². The first-order valence-electron chi connectivity index (χ1n) is 19.9. The van der Waals surface area contributed by atoms with Crippen molar-refractivity contribution in [2.75, 3.05) is 13.2 Å². The lowest BCUT2D eigenvalue weighted by Crippen LogP contribution is -2.89. The molecule has 2 aliphatic carbocycles. The van der Waals surface area contributed by atoms with Crippen LogP contribution in [0, 0.1) is 17.3 Å². The van der Waals surface area contributed by atoms with Gasteiger partial charge in [-0.05, 0) is 38.1 Å². The van der Waals surface area contributed by atoms with E-state index in [0.29, 0.717) is 0 Å². The van der Waals surface area contributed by atoms with E-state index < -0.39 is 138 Å². The molecule has 0 unspecified atom stereocenters. The van der Waals surface area contributed by atoms with E-state index >= 15 is 0 Å². The van der Waals surface area contributed by atoms with Gasteiger partial charge in [-0.1, -0.05) is 32.0 Å². The number of nitrogens with zero attached hydrogens (tertiary/aromatic N) is 1. The average Bonchev–Trinajstić information content (AvgIpc) is 3.42. The van der Waals surface area contributed by atoms with Crippen LogP contribution in [-0.2, 0) is 71.4 Å². The second-order valence-corrected chi connectivity index (χ2v) is 16.5. The summed E-state index contributed by atoms with van der Waals surface area (Å²) in [6.07, 6.45) is -10.8. The maximum Gasteiger partial charge on any atom is 0.340 e.